The predicted molar refractivity (Wildman–Crippen MR) is 145 cm³/mol. The lowest BCUT2D eigenvalue weighted by Gasteiger charge is -2.24. The number of likely N-dealkylation sites (tertiary alicyclic amines) is 1. The second-order valence-electron chi connectivity index (χ2n) is 9.75. The van der Waals surface area contributed by atoms with Gasteiger partial charge in [-0.3, -0.25) is 9.89 Å². The maximum atomic E-state index is 5.46. The van der Waals surface area contributed by atoms with E-state index in [0.717, 1.165) is 55.2 Å². The quantitative estimate of drug-likeness (QED) is 0.375. The summed E-state index contributed by atoms with van der Waals surface area (Å²) in [6, 6.07) is 29.9. The minimum Gasteiger partial charge on any atom is -0.367 e. The third-order valence-electron chi connectivity index (χ3n) is 7.63. The smallest absolute Gasteiger partial charge is 0.130 e. The van der Waals surface area contributed by atoms with Gasteiger partial charge in [-0.15, -0.1) is 0 Å². The van der Waals surface area contributed by atoms with E-state index < -0.39 is 0 Å². The van der Waals surface area contributed by atoms with Gasteiger partial charge in [0.1, 0.15) is 11.4 Å². The average molecular weight is 461 g/mol. The summed E-state index contributed by atoms with van der Waals surface area (Å²) in [6.45, 7) is 6.23. The average Bonchev–Trinajstić information content (AvgIpc) is 3.60. The van der Waals surface area contributed by atoms with Crippen LogP contribution in [0.4, 0.5) is 0 Å². The fourth-order valence-electron chi connectivity index (χ4n) is 5.67. The molecule has 0 radical (unpaired) electrons. The normalized spacial score (nSPS) is 20.2. The molecule has 0 bridgehead atoms. The summed E-state index contributed by atoms with van der Waals surface area (Å²) in [4.78, 5) is 13.3. The van der Waals surface area contributed by atoms with Crippen LogP contribution in [0.3, 0.4) is 0 Å². The van der Waals surface area contributed by atoms with Gasteiger partial charge in [-0.25, -0.2) is 4.98 Å². The van der Waals surface area contributed by atoms with Crippen molar-refractivity contribution in [3.8, 4) is 11.3 Å². The molecule has 1 atom stereocenters. The largest absolute Gasteiger partial charge is 0.367 e. The van der Waals surface area contributed by atoms with Crippen LogP contribution in [-0.2, 0) is 12.1 Å². The highest BCUT2D eigenvalue weighted by molar-refractivity contribution is 6.12. The zero-order valence-corrected chi connectivity index (χ0v) is 20.4. The van der Waals surface area contributed by atoms with E-state index in [0.29, 0.717) is 0 Å². The van der Waals surface area contributed by atoms with E-state index in [1.165, 1.54) is 34.9 Å². The molecule has 0 aliphatic carbocycles. The number of fused-ring (bicyclic) bond motifs is 1. The van der Waals surface area contributed by atoms with Crippen molar-refractivity contribution in [2.45, 2.75) is 38.3 Å². The van der Waals surface area contributed by atoms with Crippen LogP contribution in [0.5, 0.6) is 0 Å². The molecule has 35 heavy (non-hydrogen) atoms. The molecule has 0 amide bonds. The maximum Gasteiger partial charge on any atom is 0.130 e. The molecule has 1 unspecified atom stereocenters. The third-order valence-corrected chi connectivity index (χ3v) is 7.63. The summed E-state index contributed by atoms with van der Waals surface area (Å²) >= 11 is 0. The number of hydrogen-bond acceptors (Lipinski definition) is 4. The molecule has 176 valence electrons. The summed E-state index contributed by atoms with van der Waals surface area (Å²) in [5.74, 6) is 1.00. The molecule has 1 saturated heterocycles. The van der Waals surface area contributed by atoms with E-state index >= 15 is 0 Å². The topological polar surface area (TPSA) is 40.5 Å². The third kappa shape index (κ3) is 4.02. The van der Waals surface area contributed by atoms with E-state index in [2.05, 4.69) is 102 Å². The highest BCUT2D eigenvalue weighted by atomic mass is 15.2. The van der Waals surface area contributed by atoms with Crippen molar-refractivity contribution >= 4 is 16.7 Å². The Morgan fingerprint density at radius 1 is 0.857 bits per heavy atom. The van der Waals surface area contributed by atoms with Gasteiger partial charge in [-0.2, -0.15) is 0 Å². The number of nitrogens with one attached hydrogen (secondary N) is 1. The fourth-order valence-corrected chi connectivity index (χ4v) is 5.67. The van der Waals surface area contributed by atoms with Crippen molar-refractivity contribution in [2.24, 2.45) is 4.99 Å². The lowest BCUT2D eigenvalue weighted by atomic mass is 9.88. The maximum absolute atomic E-state index is 5.46. The Labute approximate surface area is 207 Å². The van der Waals surface area contributed by atoms with Gasteiger partial charge in [0.25, 0.3) is 0 Å². The van der Waals surface area contributed by atoms with Crippen LogP contribution >= 0.6 is 0 Å². The van der Waals surface area contributed by atoms with E-state index in [-0.39, 0.29) is 5.54 Å². The molecule has 4 nitrogen and oxygen atoms in total. The first-order valence-corrected chi connectivity index (χ1v) is 12.9. The number of amidine groups is 1. The summed E-state index contributed by atoms with van der Waals surface area (Å²) in [5.41, 5.74) is 6.77. The first kappa shape index (κ1) is 22.0. The zero-order valence-electron chi connectivity index (χ0n) is 20.4. The van der Waals surface area contributed by atoms with Crippen LogP contribution < -0.4 is 5.32 Å². The second-order valence-corrected chi connectivity index (χ2v) is 9.75. The monoisotopic (exact) mass is 460 g/mol. The Bertz CT molecular complexity index is 1360. The Morgan fingerprint density at radius 3 is 2.29 bits per heavy atom. The van der Waals surface area contributed by atoms with Gasteiger partial charge in [-0.05, 0) is 44.0 Å². The molecular formula is C31H32N4. The summed E-state index contributed by atoms with van der Waals surface area (Å²) < 4.78 is 0. The standard InChI is InChI=1S/C31H32N4/c1-2-31(24-15-7-4-8-16-24)22-32-30(34-31)28-25-17-9-10-18-27(25)33-29(23-13-5-3-6-14-23)26(28)21-35-19-11-12-20-35/h3-10,13-18H,2,11-12,19-22H2,1H3,(H,32,34). The van der Waals surface area contributed by atoms with Gasteiger partial charge in [0, 0.05) is 35.2 Å². The first-order valence-electron chi connectivity index (χ1n) is 12.9. The van der Waals surface area contributed by atoms with E-state index in [4.69, 9.17) is 9.98 Å². The molecule has 2 aliphatic heterocycles. The Balaban J connectivity index is 1.59. The molecule has 4 aromatic rings. The van der Waals surface area contributed by atoms with E-state index in [9.17, 15) is 0 Å². The lowest BCUT2D eigenvalue weighted by molar-refractivity contribution is 0.331. The zero-order chi connectivity index (χ0) is 23.7. The van der Waals surface area contributed by atoms with Crippen molar-refractivity contribution in [1.82, 2.24) is 15.2 Å². The number of hydrogen-bond donors (Lipinski definition) is 1. The van der Waals surface area contributed by atoms with Gasteiger partial charge in [-0.1, -0.05) is 85.8 Å². The number of para-hydroxylation sites is 1. The number of pyridine rings is 1. The molecule has 2 aliphatic rings. The molecule has 1 fully saturated rings. The number of aliphatic imine (C=N–C) groups is 1. The number of benzene rings is 3. The van der Waals surface area contributed by atoms with Gasteiger partial charge >= 0.3 is 0 Å². The van der Waals surface area contributed by atoms with Gasteiger partial charge < -0.3 is 5.32 Å². The van der Waals surface area contributed by atoms with Crippen LogP contribution in [0.1, 0.15) is 42.9 Å². The fraction of sp³-hybridized carbons (Fsp3) is 0.290. The molecule has 1 N–H and O–H groups in total. The van der Waals surface area contributed by atoms with Crippen LogP contribution in [-0.4, -0.2) is 35.4 Å². The molecular weight excluding hydrogens is 428 g/mol. The molecule has 0 saturated carbocycles. The molecule has 3 aromatic carbocycles. The Hall–Kier alpha value is -3.50. The molecule has 4 heteroatoms. The molecule has 6 rings (SSSR count). The van der Waals surface area contributed by atoms with Gasteiger partial charge in [0.15, 0.2) is 0 Å². The van der Waals surface area contributed by atoms with Crippen molar-refractivity contribution in [3.05, 3.63) is 102 Å². The Morgan fingerprint density at radius 2 is 1.54 bits per heavy atom. The highest BCUT2D eigenvalue weighted by Crippen LogP contribution is 2.37. The SMILES string of the molecule is CCC1(c2ccccc2)CNC(c2c(CN3CCCC3)c(-c3ccccc3)nc3ccccc23)=N1. The Kier molecular flexibility index (Phi) is 5.83. The van der Waals surface area contributed by atoms with Gasteiger partial charge in [0.05, 0.1) is 11.2 Å². The minimum atomic E-state index is -0.251. The first-order chi connectivity index (χ1) is 17.3. The summed E-state index contributed by atoms with van der Waals surface area (Å²) in [7, 11) is 0. The van der Waals surface area contributed by atoms with Crippen LogP contribution in [0.2, 0.25) is 0 Å². The molecule has 3 heterocycles. The number of nitrogens with zero attached hydrogens (tertiary/aromatic N) is 3. The van der Waals surface area contributed by atoms with Crippen LogP contribution in [0.15, 0.2) is 89.9 Å². The summed E-state index contributed by atoms with van der Waals surface area (Å²) in [5, 5.41) is 4.93. The van der Waals surface area contributed by atoms with Crippen molar-refractivity contribution in [2.75, 3.05) is 19.6 Å². The number of aromatic nitrogens is 1. The van der Waals surface area contributed by atoms with Crippen LogP contribution in [0, 0.1) is 0 Å². The van der Waals surface area contributed by atoms with E-state index in [1.54, 1.807) is 0 Å². The molecule has 0 spiro atoms. The lowest BCUT2D eigenvalue weighted by Crippen LogP contribution is -2.30. The van der Waals surface area contributed by atoms with Gasteiger partial charge in [0.2, 0.25) is 0 Å². The number of rotatable bonds is 6. The van der Waals surface area contributed by atoms with Crippen molar-refractivity contribution < 1.29 is 0 Å². The summed E-state index contributed by atoms with van der Waals surface area (Å²) in [6.07, 6.45) is 3.48. The predicted octanol–water partition coefficient (Wildman–Crippen LogP) is 6.15. The minimum absolute atomic E-state index is 0.251. The molecule has 1 aromatic heterocycles. The van der Waals surface area contributed by atoms with Crippen LogP contribution in [0.25, 0.3) is 22.2 Å². The van der Waals surface area contributed by atoms with Crippen molar-refractivity contribution in [1.29, 1.82) is 0 Å². The highest BCUT2D eigenvalue weighted by Gasteiger charge is 2.37. The van der Waals surface area contributed by atoms with Crippen molar-refractivity contribution in [3.63, 3.8) is 0 Å². The van der Waals surface area contributed by atoms with E-state index in [1.807, 2.05) is 0 Å². The second kappa shape index (κ2) is 9.27.